The van der Waals surface area contributed by atoms with Crippen LogP contribution in [0.4, 0.5) is 13.2 Å². The molecule has 0 bridgehead atoms. The van der Waals surface area contributed by atoms with Crippen LogP contribution in [0, 0.1) is 17.8 Å². The maximum absolute atomic E-state index is 12.8. The Bertz CT molecular complexity index is 543. The van der Waals surface area contributed by atoms with Gasteiger partial charge in [0.15, 0.2) is 0 Å². The van der Waals surface area contributed by atoms with Crippen molar-refractivity contribution in [1.29, 1.82) is 0 Å². The summed E-state index contributed by atoms with van der Waals surface area (Å²) in [5, 5.41) is 5.16. The van der Waals surface area contributed by atoms with Gasteiger partial charge in [0.2, 0.25) is 11.8 Å². The van der Waals surface area contributed by atoms with E-state index in [1.54, 1.807) is 7.11 Å². The van der Waals surface area contributed by atoms with Crippen molar-refractivity contribution < 1.29 is 27.5 Å². The topological polar surface area (TPSA) is 67.4 Å². The average molecular weight is 404 g/mol. The van der Waals surface area contributed by atoms with Crippen LogP contribution in [0.25, 0.3) is 0 Å². The van der Waals surface area contributed by atoms with E-state index in [1.807, 2.05) is 6.08 Å². The molecule has 2 N–H and O–H groups in total. The smallest absolute Gasteiger partial charge is 0.381 e. The fraction of sp³-hybridized carbons (Fsp3) is 0.800. The van der Waals surface area contributed by atoms with Gasteiger partial charge in [-0.3, -0.25) is 9.59 Å². The van der Waals surface area contributed by atoms with Crippen LogP contribution < -0.4 is 10.6 Å². The number of nitrogens with one attached hydrogen (secondary N) is 2. The van der Waals surface area contributed by atoms with Crippen molar-refractivity contribution in [1.82, 2.24) is 10.6 Å². The van der Waals surface area contributed by atoms with Crippen LogP contribution in [-0.4, -0.2) is 44.3 Å². The summed E-state index contributed by atoms with van der Waals surface area (Å²) in [5.74, 6) is -1.80. The van der Waals surface area contributed by atoms with Gasteiger partial charge >= 0.3 is 6.18 Å². The minimum atomic E-state index is -4.16. The molecule has 0 aliphatic heterocycles. The van der Waals surface area contributed by atoms with E-state index in [4.69, 9.17) is 4.74 Å². The Hall–Kier alpha value is -1.57. The second-order valence-corrected chi connectivity index (χ2v) is 7.92. The first-order valence-electron chi connectivity index (χ1n) is 10.1. The highest BCUT2D eigenvalue weighted by Crippen LogP contribution is 2.39. The zero-order chi connectivity index (χ0) is 20.6. The van der Waals surface area contributed by atoms with Gasteiger partial charge < -0.3 is 15.4 Å². The first kappa shape index (κ1) is 22.7. The summed E-state index contributed by atoms with van der Waals surface area (Å²) in [6.07, 6.45) is 4.83. The number of hydrogen-bond acceptors (Lipinski definition) is 3. The molecular weight excluding hydrogens is 373 g/mol. The van der Waals surface area contributed by atoms with Crippen molar-refractivity contribution in [2.45, 2.75) is 63.6 Å². The van der Waals surface area contributed by atoms with Gasteiger partial charge in [-0.15, -0.1) is 0 Å². The Morgan fingerprint density at radius 2 is 1.79 bits per heavy atom. The molecule has 0 saturated heterocycles. The summed E-state index contributed by atoms with van der Waals surface area (Å²) < 4.78 is 43.8. The molecule has 0 heterocycles. The lowest BCUT2D eigenvalue weighted by atomic mass is 9.81. The summed E-state index contributed by atoms with van der Waals surface area (Å²) in [6.45, 7) is 0.0505. The van der Waals surface area contributed by atoms with Gasteiger partial charge in [-0.25, -0.2) is 0 Å². The molecule has 2 aliphatic rings. The maximum Gasteiger partial charge on any atom is 0.391 e. The van der Waals surface area contributed by atoms with E-state index in [0.717, 1.165) is 25.7 Å². The molecule has 0 aromatic heterocycles. The van der Waals surface area contributed by atoms with Gasteiger partial charge in [0.05, 0.1) is 18.6 Å². The minimum absolute atomic E-state index is 0.0597. The second-order valence-electron chi connectivity index (χ2n) is 7.92. The van der Waals surface area contributed by atoms with Crippen molar-refractivity contribution in [2.24, 2.45) is 17.8 Å². The van der Waals surface area contributed by atoms with Crippen LogP contribution in [0.1, 0.15) is 51.4 Å². The number of allylic oxidation sites excluding steroid dienone is 1. The normalized spacial score (nSPS) is 28.9. The third kappa shape index (κ3) is 7.81. The molecule has 2 amide bonds. The minimum Gasteiger partial charge on any atom is -0.381 e. The summed E-state index contributed by atoms with van der Waals surface area (Å²) in [6, 6.07) is 0. The first-order valence-corrected chi connectivity index (χ1v) is 10.1. The zero-order valence-electron chi connectivity index (χ0n) is 16.4. The molecule has 5 nitrogen and oxygen atoms in total. The molecule has 2 atom stereocenters. The molecule has 8 heteroatoms. The number of ether oxygens (including phenoxy) is 1. The van der Waals surface area contributed by atoms with E-state index >= 15 is 0 Å². The number of halogens is 3. The predicted octanol–water partition coefficient (Wildman–Crippen LogP) is 3.35. The zero-order valence-corrected chi connectivity index (χ0v) is 16.4. The van der Waals surface area contributed by atoms with Gasteiger partial charge in [-0.05, 0) is 62.9 Å². The molecule has 2 saturated carbocycles. The number of hydrogen-bond donors (Lipinski definition) is 2. The lowest BCUT2D eigenvalue weighted by Crippen LogP contribution is -2.40. The largest absolute Gasteiger partial charge is 0.391 e. The van der Waals surface area contributed by atoms with E-state index in [9.17, 15) is 22.8 Å². The summed E-state index contributed by atoms with van der Waals surface area (Å²) in [5.41, 5.74) is 0. The molecule has 2 unspecified atom stereocenters. The lowest BCUT2D eigenvalue weighted by molar-refractivity contribution is -0.185. The number of carbonyl (C=O) groups is 2. The van der Waals surface area contributed by atoms with Crippen LogP contribution in [0.2, 0.25) is 0 Å². The molecule has 0 spiro atoms. The molecule has 160 valence electrons. The third-order valence-electron chi connectivity index (χ3n) is 5.83. The first-order chi connectivity index (χ1) is 13.3. The summed E-state index contributed by atoms with van der Waals surface area (Å²) in [7, 11) is 1.71. The Labute approximate surface area is 164 Å². The van der Waals surface area contributed by atoms with E-state index in [0.29, 0.717) is 24.9 Å². The predicted molar refractivity (Wildman–Crippen MR) is 99.4 cm³/mol. The monoisotopic (exact) mass is 404 g/mol. The summed E-state index contributed by atoms with van der Waals surface area (Å²) >= 11 is 0. The number of rotatable bonds is 7. The van der Waals surface area contributed by atoms with Crippen LogP contribution in [-0.2, 0) is 14.3 Å². The molecule has 0 aromatic rings. The van der Waals surface area contributed by atoms with Crippen molar-refractivity contribution in [3.63, 3.8) is 0 Å². The fourth-order valence-electron chi connectivity index (χ4n) is 4.06. The number of methoxy groups -OCH3 is 1. The molecule has 2 rings (SSSR count). The van der Waals surface area contributed by atoms with E-state index < -0.39 is 12.1 Å². The highest BCUT2D eigenvalue weighted by Gasteiger charge is 2.42. The Morgan fingerprint density at radius 3 is 2.43 bits per heavy atom. The van der Waals surface area contributed by atoms with Gasteiger partial charge in [0.25, 0.3) is 0 Å². The van der Waals surface area contributed by atoms with Crippen molar-refractivity contribution in [2.75, 3.05) is 20.2 Å². The highest BCUT2D eigenvalue weighted by molar-refractivity contribution is 5.91. The molecule has 28 heavy (non-hydrogen) atoms. The maximum atomic E-state index is 12.8. The Kier molecular flexibility index (Phi) is 8.79. The number of alkyl halides is 3. The molecule has 0 aromatic carbocycles. The molecule has 0 radical (unpaired) electrons. The fourth-order valence-corrected chi connectivity index (χ4v) is 4.06. The molecule has 2 fully saturated rings. The quantitative estimate of drug-likeness (QED) is 0.640. The Balaban J connectivity index is 1.61. The van der Waals surface area contributed by atoms with E-state index in [2.05, 4.69) is 10.6 Å². The van der Waals surface area contributed by atoms with Gasteiger partial charge in [-0.2, -0.15) is 13.2 Å². The third-order valence-corrected chi connectivity index (χ3v) is 5.83. The number of carbonyl (C=O) groups excluding carboxylic acids is 2. The summed E-state index contributed by atoms with van der Waals surface area (Å²) in [4.78, 5) is 23.7. The van der Waals surface area contributed by atoms with Gasteiger partial charge in [0, 0.05) is 13.7 Å². The second kappa shape index (κ2) is 10.8. The van der Waals surface area contributed by atoms with E-state index in [-0.39, 0.29) is 43.7 Å². The van der Waals surface area contributed by atoms with Gasteiger partial charge in [-0.1, -0.05) is 12.5 Å². The SMILES string of the molecule is COC1CCC(/C=C/C(=O)NCC(=O)NCC2CCCC(C(F)(F)F)C2)CC1. The molecule has 2 aliphatic carbocycles. The van der Waals surface area contributed by atoms with Gasteiger partial charge in [0.1, 0.15) is 0 Å². The lowest BCUT2D eigenvalue weighted by Gasteiger charge is -2.30. The highest BCUT2D eigenvalue weighted by atomic mass is 19.4. The van der Waals surface area contributed by atoms with Crippen molar-refractivity contribution in [3.05, 3.63) is 12.2 Å². The average Bonchev–Trinajstić information content (AvgIpc) is 2.69. The van der Waals surface area contributed by atoms with Crippen molar-refractivity contribution in [3.8, 4) is 0 Å². The van der Waals surface area contributed by atoms with Crippen LogP contribution >= 0.6 is 0 Å². The van der Waals surface area contributed by atoms with Crippen LogP contribution in [0.15, 0.2) is 12.2 Å². The van der Waals surface area contributed by atoms with Crippen LogP contribution in [0.5, 0.6) is 0 Å². The van der Waals surface area contributed by atoms with Crippen LogP contribution in [0.3, 0.4) is 0 Å². The van der Waals surface area contributed by atoms with Crippen molar-refractivity contribution >= 4 is 11.8 Å². The number of amides is 2. The molecular formula is C20H31F3N2O3. The van der Waals surface area contributed by atoms with E-state index in [1.165, 1.54) is 6.08 Å². The standard InChI is InChI=1S/C20H31F3N2O3/c1-28-17-8-5-14(6-9-17)7-10-18(26)25-13-19(27)24-12-15-3-2-4-16(11-15)20(21,22)23/h7,10,14-17H,2-6,8-9,11-13H2,1H3,(H,24,27)(H,25,26)/b10-7+. The Morgan fingerprint density at radius 1 is 1.07 bits per heavy atom.